The standard InChI is InChI=1S/C13H26N2O2/c1-3-4-5-6-7-13(16)15(2)11-12-10-14-8-9-17-12/h12,14H,3-11H2,1-2H3. The molecule has 0 spiro atoms. The summed E-state index contributed by atoms with van der Waals surface area (Å²) < 4.78 is 5.59. The molecule has 4 nitrogen and oxygen atoms in total. The molecule has 1 saturated heterocycles. The van der Waals surface area contributed by atoms with Gasteiger partial charge in [-0.15, -0.1) is 0 Å². The third-order valence-corrected chi connectivity index (χ3v) is 3.15. The van der Waals surface area contributed by atoms with Crippen LogP contribution in [0.1, 0.15) is 39.0 Å². The number of rotatable bonds is 7. The Morgan fingerprint density at radius 3 is 2.88 bits per heavy atom. The topological polar surface area (TPSA) is 41.6 Å². The summed E-state index contributed by atoms with van der Waals surface area (Å²) in [6, 6.07) is 0. The van der Waals surface area contributed by atoms with Gasteiger partial charge in [-0.25, -0.2) is 0 Å². The summed E-state index contributed by atoms with van der Waals surface area (Å²) in [5, 5.41) is 3.28. The minimum Gasteiger partial charge on any atom is -0.374 e. The average Bonchev–Trinajstić information content (AvgIpc) is 2.35. The number of carbonyl (C=O) groups is 1. The molecule has 0 bridgehead atoms. The van der Waals surface area contributed by atoms with Gasteiger partial charge in [-0.05, 0) is 6.42 Å². The highest BCUT2D eigenvalue weighted by molar-refractivity contribution is 5.75. The van der Waals surface area contributed by atoms with Crippen LogP contribution < -0.4 is 5.32 Å². The van der Waals surface area contributed by atoms with Crippen LogP contribution in [0.5, 0.6) is 0 Å². The fourth-order valence-electron chi connectivity index (χ4n) is 2.04. The number of nitrogens with zero attached hydrogens (tertiary/aromatic N) is 1. The van der Waals surface area contributed by atoms with E-state index in [9.17, 15) is 4.79 Å². The van der Waals surface area contributed by atoms with E-state index in [1.165, 1.54) is 12.8 Å². The molecule has 4 heteroatoms. The van der Waals surface area contributed by atoms with Crippen molar-refractivity contribution in [1.29, 1.82) is 0 Å². The Morgan fingerprint density at radius 1 is 1.41 bits per heavy atom. The highest BCUT2D eigenvalue weighted by atomic mass is 16.5. The first-order chi connectivity index (χ1) is 8.24. The molecule has 1 atom stereocenters. The van der Waals surface area contributed by atoms with E-state index in [4.69, 9.17) is 4.74 Å². The van der Waals surface area contributed by atoms with Gasteiger partial charge in [0.05, 0.1) is 12.7 Å². The Balaban J connectivity index is 2.12. The van der Waals surface area contributed by atoms with Crippen molar-refractivity contribution in [2.24, 2.45) is 0 Å². The minimum atomic E-state index is 0.161. The van der Waals surface area contributed by atoms with Crippen LogP contribution in [0.4, 0.5) is 0 Å². The van der Waals surface area contributed by atoms with Crippen LogP contribution >= 0.6 is 0 Å². The molecule has 1 heterocycles. The lowest BCUT2D eigenvalue weighted by Crippen LogP contribution is -2.45. The van der Waals surface area contributed by atoms with E-state index < -0.39 is 0 Å². The monoisotopic (exact) mass is 242 g/mol. The Kier molecular flexibility index (Phi) is 7.21. The number of amides is 1. The second kappa shape index (κ2) is 8.48. The number of carbonyl (C=O) groups excluding carboxylic acids is 1. The van der Waals surface area contributed by atoms with Crippen molar-refractivity contribution < 1.29 is 9.53 Å². The maximum atomic E-state index is 11.8. The summed E-state index contributed by atoms with van der Waals surface area (Å²) in [6.07, 6.45) is 5.46. The zero-order chi connectivity index (χ0) is 12.5. The van der Waals surface area contributed by atoms with Gasteiger partial charge in [-0.3, -0.25) is 4.79 Å². The van der Waals surface area contributed by atoms with Crippen LogP contribution in [-0.4, -0.2) is 50.2 Å². The van der Waals surface area contributed by atoms with Gasteiger partial charge < -0.3 is 15.0 Å². The fourth-order valence-corrected chi connectivity index (χ4v) is 2.04. The molecule has 1 fully saturated rings. The maximum Gasteiger partial charge on any atom is 0.222 e. The first-order valence-electron chi connectivity index (χ1n) is 6.80. The first-order valence-corrected chi connectivity index (χ1v) is 6.80. The van der Waals surface area contributed by atoms with Crippen LogP contribution in [0.25, 0.3) is 0 Å². The molecule has 0 saturated carbocycles. The lowest BCUT2D eigenvalue weighted by molar-refractivity contribution is -0.132. The number of hydrogen-bond acceptors (Lipinski definition) is 3. The van der Waals surface area contributed by atoms with Crippen LogP contribution in [0.3, 0.4) is 0 Å². The summed E-state index contributed by atoms with van der Waals surface area (Å²) in [4.78, 5) is 13.6. The molecule has 17 heavy (non-hydrogen) atoms. The largest absolute Gasteiger partial charge is 0.374 e. The molecule has 1 amide bonds. The van der Waals surface area contributed by atoms with Crippen molar-refractivity contribution in [3.8, 4) is 0 Å². The molecule has 1 N–H and O–H groups in total. The number of nitrogens with one attached hydrogen (secondary N) is 1. The van der Waals surface area contributed by atoms with Crippen molar-refractivity contribution >= 4 is 5.91 Å². The average molecular weight is 242 g/mol. The van der Waals surface area contributed by atoms with Gasteiger partial charge in [0.15, 0.2) is 0 Å². The predicted molar refractivity (Wildman–Crippen MR) is 69.0 cm³/mol. The first kappa shape index (κ1) is 14.5. The SMILES string of the molecule is CCCCCCC(=O)N(C)CC1CNCCO1. The van der Waals surface area contributed by atoms with Crippen LogP contribution in [-0.2, 0) is 9.53 Å². The molecule has 0 aromatic heterocycles. The van der Waals surface area contributed by atoms with Gasteiger partial charge in [-0.1, -0.05) is 26.2 Å². The molecule has 1 rings (SSSR count). The van der Waals surface area contributed by atoms with E-state index in [2.05, 4.69) is 12.2 Å². The molecule has 0 radical (unpaired) electrons. The van der Waals surface area contributed by atoms with Gasteiger partial charge in [0.25, 0.3) is 0 Å². The van der Waals surface area contributed by atoms with Gasteiger partial charge in [0, 0.05) is 33.1 Å². The highest BCUT2D eigenvalue weighted by Crippen LogP contribution is 2.06. The Labute approximate surface area is 105 Å². The van der Waals surface area contributed by atoms with Gasteiger partial charge in [0.2, 0.25) is 5.91 Å². The smallest absolute Gasteiger partial charge is 0.222 e. The number of ether oxygens (including phenoxy) is 1. The molecule has 1 aliphatic rings. The van der Waals surface area contributed by atoms with Crippen LogP contribution in [0, 0.1) is 0 Å². The Hall–Kier alpha value is -0.610. The zero-order valence-corrected chi connectivity index (χ0v) is 11.2. The lowest BCUT2D eigenvalue weighted by Gasteiger charge is -2.28. The molecular formula is C13H26N2O2. The number of morpholine rings is 1. The molecule has 100 valence electrons. The van der Waals surface area contributed by atoms with Crippen molar-refractivity contribution in [2.75, 3.05) is 33.3 Å². The minimum absolute atomic E-state index is 0.161. The third kappa shape index (κ3) is 6.03. The summed E-state index contributed by atoms with van der Waals surface area (Å²) in [7, 11) is 1.88. The summed E-state index contributed by atoms with van der Waals surface area (Å²) in [5.74, 6) is 0.246. The van der Waals surface area contributed by atoms with Gasteiger partial charge in [-0.2, -0.15) is 0 Å². The third-order valence-electron chi connectivity index (χ3n) is 3.15. The molecular weight excluding hydrogens is 216 g/mol. The normalized spacial score (nSPS) is 20.2. The predicted octanol–water partition coefficient (Wildman–Crippen LogP) is 1.40. The van der Waals surface area contributed by atoms with E-state index in [1.54, 1.807) is 0 Å². The van der Waals surface area contributed by atoms with Crippen molar-refractivity contribution in [2.45, 2.75) is 45.1 Å². The lowest BCUT2D eigenvalue weighted by atomic mass is 10.1. The summed E-state index contributed by atoms with van der Waals surface area (Å²) in [5.41, 5.74) is 0. The summed E-state index contributed by atoms with van der Waals surface area (Å²) >= 11 is 0. The maximum absolute atomic E-state index is 11.8. The molecule has 0 aliphatic carbocycles. The number of unbranched alkanes of at least 4 members (excludes halogenated alkanes) is 3. The Morgan fingerprint density at radius 2 is 2.24 bits per heavy atom. The van der Waals surface area contributed by atoms with E-state index in [1.807, 2.05) is 11.9 Å². The second-order valence-corrected chi connectivity index (χ2v) is 4.78. The van der Waals surface area contributed by atoms with Crippen molar-refractivity contribution in [3.05, 3.63) is 0 Å². The molecule has 1 unspecified atom stereocenters. The summed E-state index contributed by atoms with van der Waals surface area (Å²) in [6.45, 7) is 5.42. The van der Waals surface area contributed by atoms with Crippen molar-refractivity contribution in [1.82, 2.24) is 10.2 Å². The molecule has 0 aromatic rings. The van der Waals surface area contributed by atoms with E-state index >= 15 is 0 Å². The zero-order valence-electron chi connectivity index (χ0n) is 11.2. The van der Waals surface area contributed by atoms with E-state index in [0.717, 1.165) is 32.5 Å². The van der Waals surface area contributed by atoms with Gasteiger partial charge >= 0.3 is 0 Å². The van der Waals surface area contributed by atoms with Gasteiger partial charge in [0.1, 0.15) is 0 Å². The molecule has 1 aliphatic heterocycles. The number of hydrogen-bond donors (Lipinski definition) is 1. The van der Waals surface area contributed by atoms with Crippen molar-refractivity contribution in [3.63, 3.8) is 0 Å². The number of likely N-dealkylation sites (N-methyl/N-ethyl adjacent to an activating group) is 1. The van der Waals surface area contributed by atoms with Crippen LogP contribution in [0.15, 0.2) is 0 Å². The quantitative estimate of drug-likeness (QED) is 0.686. The fraction of sp³-hybridized carbons (Fsp3) is 0.923. The van der Waals surface area contributed by atoms with E-state index in [0.29, 0.717) is 13.0 Å². The second-order valence-electron chi connectivity index (χ2n) is 4.78. The highest BCUT2D eigenvalue weighted by Gasteiger charge is 2.17. The molecule has 0 aromatic carbocycles. The van der Waals surface area contributed by atoms with E-state index in [-0.39, 0.29) is 12.0 Å². The Bertz CT molecular complexity index is 215. The van der Waals surface area contributed by atoms with Crippen LogP contribution in [0.2, 0.25) is 0 Å².